The highest BCUT2D eigenvalue weighted by molar-refractivity contribution is 5.36. The van der Waals surface area contributed by atoms with E-state index in [-0.39, 0.29) is 6.04 Å². The first kappa shape index (κ1) is 15.9. The Morgan fingerprint density at radius 1 is 1.38 bits per heavy atom. The summed E-state index contributed by atoms with van der Waals surface area (Å²) < 4.78 is 14.2. The third kappa shape index (κ3) is 3.77. The van der Waals surface area contributed by atoms with Gasteiger partial charge in [-0.3, -0.25) is 15.0 Å². The molecule has 0 saturated heterocycles. The van der Waals surface area contributed by atoms with Crippen molar-refractivity contribution in [1.29, 1.82) is 0 Å². The van der Waals surface area contributed by atoms with Gasteiger partial charge >= 0.3 is 5.69 Å². The van der Waals surface area contributed by atoms with E-state index in [4.69, 9.17) is 5.73 Å². The molecular weight excluding hydrogens is 273 g/mol. The lowest BCUT2D eigenvalue weighted by molar-refractivity contribution is -0.387. The molecule has 0 unspecified atom stereocenters. The monoisotopic (exact) mass is 295 g/mol. The van der Waals surface area contributed by atoms with Gasteiger partial charge in [-0.1, -0.05) is 19.1 Å². The SMILES string of the molecule is CCN(Cc1cccc([N+](=O)[O-])c1F)C1CCC(N)CC1. The van der Waals surface area contributed by atoms with Crippen LogP contribution in [0.2, 0.25) is 0 Å². The van der Waals surface area contributed by atoms with Crippen molar-refractivity contribution >= 4 is 5.69 Å². The maximum atomic E-state index is 14.2. The summed E-state index contributed by atoms with van der Waals surface area (Å²) in [5, 5.41) is 10.8. The molecule has 1 fully saturated rings. The molecule has 0 amide bonds. The second-order valence-corrected chi connectivity index (χ2v) is 5.64. The molecule has 6 heteroatoms. The maximum Gasteiger partial charge on any atom is 0.305 e. The average molecular weight is 295 g/mol. The van der Waals surface area contributed by atoms with E-state index in [0.717, 1.165) is 32.2 Å². The van der Waals surface area contributed by atoms with Gasteiger partial charge in [0.1, 0.15) is 0 Å². The van der Waals surface area contributed by atoms with Crippen LogP contribution in [0.3, 0.4) is 0 Å². The predicted octanol–water partition coefficient (Wildman–Crippen LogP) is 2.83. The molecule has 2 rings (SSSR count). The topological polar surface area (TPSA) is 72.4 Å². The Balaban J connectivity index is 2.12. The molecule has 116 valence electrons. The van der Waals surface area contributed by atoms with Crippen LogP contribution < -0.4 is 5.73 Å². The van der Waals surface area contributed by atoms with Gasteiger partial charge in [0, 0.05) is 30.3 Å². The molecule has 1 aliphatic carbocycles. The average Bonchev–Trinajstić information content (AvgIpc) is 2.47. The first-order valence-corrected chi connectivity index (χ1v) is 7.44. The van der Waals surface area contributed by atoms with E-state index in [9.17, 15) is 14.5 Å². The summed E-state index contributed by atoms with van der Waals surface area (Å²) in [6.45, 7) is 3.23. The molecule has 0 aliphatic heterocycles. The summed E-state index contributed by atoms with van der Waals surface area (Å²) in [5.41, 5.74) is 5.85. The Morgan fingerprint density at radius 3 is 2.62 bits per heavy atom. The smallest absolute Gasteiger partial charge is 0.305 e. The highest BCUT2D eigenvalue weighted by atomic mass is 19.1. The highest BCUT2D eigenvalue weighted by Crippen LogP contribution is 2.26. The zero-order chi connectivity index (χ0) is 15.4. The number of hydrogen-bond donors (Lipinski definition) is 1. The number of halogens is 1. The molecule has 1 aromatic carbocycles. The van der Waals surface area contributed by atoms with Crippen LogP contribution in [0, 0.1) is 15.9 Å². The molecule has 1 saturated carbocycles. The predicted molar refractivity (Wildman–Crippen MR) is 79.4 cm³/mol. The quantitative estimate of drug-likeness (QED) is 0.669. The summed E-state index contributed by atoms with van der Waals surface area (Å²) in [7, 11) is 0. The molecule has 0 bridgehead atoms. The van der Waals surface area contributed by atoms with Gasteiger partial charge in [0.15, 0.2) is 0 Å². The summed E-state index contributed by atoms with van der Waals surface area (Å²) in [6.07, 6.45) is 3.98. The van der Waals surface area contributed by atoms with Gasteiger partial charge in [0.05, 0.1) is 4.92 Å². The summed E-state index contributed by atoms with van der Waals surface area (Å²) in [6, 6.07) is 5.03. The molecule has 0 atom stereocenters. The fourth-order valence-corrected chi connectivity index (χ4v) is 3.01. The lowest BCUT2D eigenvalue weighted by Crippen LogP contribution is -2.40. The van der Waals surface area contributed by atoms with Crippen molar-refractivity contribution < 1.29 is 9.31 Å². The van der Waals surface area contributed by atoms with Gasteiger partial charge in [0.2, 0.25) is 5.82 Å². The van der Waals surface area contributed by atoms with Crippen molar-refractivity contribution in [3.8, 4) is 0 Å². The first-order chi connectivity index (χ1) is 10.0. The van der Waals surface area contributed by atoms with Gasteiger partial charge in [-0.05, 0) is 32.2 Å². The molecule has 0 spiro atoms. The molecule has 1 aromatic rings. The van der Waals surface area contributed by atoms with E-state index in [1.54, 1.807) is 12.1 Å². The second kappa shape index (κ2) is 6.95. The number of nitrogens with two attached hydrogens (primary N) is 1. The summed E-state index contributed by atoms with van der Waals surface area (Å²) in [5.74, 6) is -0.714. The Hall–Kier alpha value is -1.53. The first-order valence-electron chi connectivity index (χ1n) is 7.44. The summed E-state index contributed by atoms with van der Waals surface area (Å²) >= 11 is 0. The van der Waals surface area contributed by atoms with Crippen LogP contribution in [0.5, 0.6) is 0 Å². The van der Waals surface area contributed by atoms with Crippen LogP contribution >= 0.6 is 0 Å². The van der Waals surface area contributed by atoms with Crippen LogP contribution in [-0.4, -0.2) is 28.5 Å². The van der Waals surface area contributed by atoms with Crippen LogP contribution in [-0.2, 0) is 6.54 Å². The van der Waals surface area contributed by atoms with E-state index >= 15 is 0 Å². The number of hydrogen-bond acceptors (Lipinski definition) is 4. The second-order valence-electron chi connectivity index (χ2n) is 5.64. The zero-order valence-electron chi connectivity index (χ0n) is 12.3. The van der Waals surface area contributed by atoms with Gasteiger partial charge in [-0.2, -0.15) is 4.39 Å². The van der Waals surface area contributed by atoms with E-state index in [0.29, 0.717) is 18.2 Å². The van der Waals surface area contributed by atoms with E-state index in [1.807, 2.05) is 6.92 Å². The Kier molecular flexibility index (Phi) is 5.25. The van der Waals surface area contributed by atoms with Crippen LogP contribution in [0.4, 0.5) is 10.1 Å². The van der Waals surface area contributed by atoms with Crippen molar-refractivity contribution in [2.45, 2.75) is 51.2 Å². The Bertz CT molecular complexity index is 502. The van der Waals surface area contributed by atoms with Gasteiger partial charge in [-0.15, -0.1) is 0 Å². The van der Waals surface area contributed by atoms with Crippen molar-refractivity contribution in [2.24, 2.45) is 5.73 Å². The van der Waals surface area contributed by atoms with Crippen molar-refractivity contribution in [1.82, 2.24) is 4.90 Å². The third-order valence-corrected chi connectivity index (χ3v) is 4.29. The number of rotatable bonds is 5. The third-order valence-electron chi connectivity index (χ3n) is 4.29. The lowest BCUT2D eigenvalue weighted by Gasteiger charge is -2.35. The minimum Gasteiger partial charge on any atom is -0.328 e. The fraction of sp³-hybridized carbons (Fsp3) is 0.600. The Labute approximate surface area is 124 Å². The van der Waals surface area contributed by atoms with Crippen LogP contribution in [0.15, 0.2) is 18.2 Å². The zero-order valence-corrected chi connectivity index (χ0v) is 12.3. The number of nitro benzene ring substituents is 1. The van der Waals surface area contributed by atoms with E-state index in [2.05, 4.69) is 4.90 Å². The molecular formula is C15H22FN3O2. The maximum absolute atomic E-state index is 14.2. The molecule has 0 heterocycles. The minimum atomic E-state index is -0.714. The molecule has 21 heavy (non-hydrogen) atoms. The van der Waals surface area contributed by atoms with Gasteiger partial charge in [-0.25, -0.2) is 0 Å². The number of benzene rings is 1. The Morgan fingerprint density at radius 2 is 2.05 bits per heavy atom. The largest absolute Gasteiger partial charge is 0.328 e. The highest BCUT2D eigenvalue weighted by Gasteiger charge is 2.25. The number of nitro groups is 1. The fourth-order valence-electron chi connectivity index (χ4n) is 3.01. The van der Waals surface area contributed by atoms with Crippen molar-refractivity contribution in [2.75, 3.05) is 6.54 Å². The minimum absolute atomic E-state index is 0.273. The number of nitrogens with zero attached hydrogens (tertiary/aromatic N) is 2. The molecule has 2 N–H and O–H groups in total. The van der Waals surface area contributed by atoms with Gasteiger partial charge in [0.25, 0.3) is 0 Å². The lowest BCUT2D eigenvalue weighted by atomic mass is 9.90. The molecule has 1 aliphatic rings. The van der Waals surface area contributed by atoms with Gasteiger partial charge < -0.3 is 5.73 Å². The van der Waals surface area contributed by atoms with Crippen LogP contribution in [0.25, 0.3) is 0 Å². The van der Waals surface area contributed by atoms with Crippen LogP contribution in [0.1, 0.15) is 38.2 Å². The van der Waals surface area contributed by atoms with Crippen molar-refractivity contribution in [3.05, 3.63) is 39.7 Å². The molecule has 0 aromatic heterocycles. The summed E-state index contributed by atoms with van der Waals surface area (Å²) in [4.78, 5) is 12.3. The normalized spacial score (nSPS) is 22.5. The van der Waals surface area contributed by atoms with E-state index < -0.39 is 16.4 Å². The molecule has 0 radical (unpaired) electrons. The van der Waals surface area contributed by atoms with E-state index in [1.165, 1.54) is 6.07 Å². The molecule has 5 nitrogen and oxygen atoms in total. The standard InChI is InChI=1S/C15H22FN3O2/c1-2-18(13-8-6-12(17)7-9-13)10-11-4-3-5-14(15(11)16)19(20)21/h3-5,12-13H,2,6-10,17H2,1H3. The van der Waals surface area contributed by atoms with Crippen molar-refractivity contribution in [3.63, 3.8) is 0 Å².